The molecule has 0 aromatic heterocycles. The Hall–Kier alpha value is -1.55. The van der Waals surface area contributed by atoms with Gasteiger partial charge in [-0.3, -0.25) is 4.79 Å². The fourth-order valence-electron chi connectivity index (χ4n) is 1.57. The van der Waals surface area contributed by atoms with Crippen LogP contribution in [0.1, 0.15) is 39.2 Å². The van der Waals surface area contributed by atoms with Crippen LogP contribution in [-0.2, 0) is 4.79 Å². The number of benzene rings is 1. The Kier molecular flexibility index (Phi) is 5.36. The average Bonchev–Trinajstić information content (AvgIpc) is 2.36. The van der Waals surface area contributed by atoms with Crippen molar-refractivity contribution < 1.29 is 14.6 Å². The van der Waals surface area contributed by atoms with Crippen molar-refractivity contribution in [1.29, 1.82) is 0 Å². The van der Waals surface area contributed by atoms with Gasteiger partial charge in [0.1, 0.15) is 5.75 Å². The summed E-state index contributed by atoms with van der Waals surface area (Å²) in [6, 6.07) is 7.72. The predicted molar refractivity (Wildman–Crippen MR) is 75.3 cm³/mol. The Bertz CT molecular complexity index is 427. The van der Waals surface area contributed by atoms with Crippen LogP contribution in [0.2, 0.25) is 0 Å². The molecule has 0 saturated carbocycles. The first-order valence-electron chi connectivity index (χ1n) is 6.49. The molecular formula is C15H23NO3. The normalized spacial score (nSPS) is 11.5. The lowest BCUT2D eigenvalue weighted by Gasteiger charge is -2.23. The standard InChI is InChI=1S/C15H23NO3/c1-11(2)12-6-5-7-13(8-12)19-9-14(18)16-15(3,4)10-17/h5-8,11,17H,9-10H2,1-4H3,(H,16,18). The van der Waals surface area contributed by atoms with Crippen LogP contribution in [0.25, 0.3) is 0 Å². The van der Waals surface area contributed by atoms with Gasteiger partial charge in [-0.25, -0.2) is 0 Å². The van der Waals surface area contributed by atoms with E-state index >= 15 is 0 Å². The van der Waals surface area contributed by atoms with Crippen molar-refractivity contribution in [3.8, 4) is 5.75 Å². The summed E-state index contributed by atoms with van der Waals surface area (Å²) in [7, 11) is 0. The second kappa shape index (κ2) is 6.57. The highest BCUT2D eigenvalue weighted by atomic mass is 16.5. The van der Waals surface area contributed by atoms with Crippen LogP contribution >= 0.6 is 0 Å². The van der Waals surface area contributed by atoms with Gasteiger partial charge in [0.05, 0.1) is 12.1 Å². The SMILES string of the molecule is CC(C)c1cccc(OCC(=O)NC(C)(C)CO)c1. The minimum Gasteiger partial charge on any atom is -0.484 e. The van der Waals surface area contributed by atoms with Gasteiger partial charge in [0, 0.05) is 0 Å². The molecule has 0 unspecified atom stereocenters. The van der Waals surface area contributed by atoms with E-state index in [0.717, 1.165) is 0 Å². The second-order valence-electron chi connectivity index (χ2n) is 5.61. The van der Waals surface area contributed by atoms with Crippen LogP contribution in [-0.4, -0.2) is 29.8 Å². The van der Waals surface area contributed by atoms with Crippen LogP contribution in [0.5, 0.6) is 5.75 Å². The molecule has 4 heteroatoms. The van der Waals surface area contributed by atoms with Crippen LogP contribution in [0, 0.1) is 0 Å². The number of ether oxygens (including phenoxy) is 1. The fraction of sp³-hybridized carbons (Fsp3) is 0.533. The highest BCUT2D eigenvalue weighted by Crippen LogP contribution is 2.19. The lowest BCUT2D eigenvalue weighted by atomic mass is 10.0. The summed E-state index contributed by atoms with van der Waals surface area (Å²) in [4.78, 5) is 11.7. The molecule has 0 spiro atoms. The molecule has 0 aliphatic heterocycles. The molecule has 19 heavy (non-hydrogen) atoms. The number of nitrogens with one attached hydrogen (secondary N) is 1. The van der Waals surface area contributed by atoms with Gasteiger partial charge in [0.2, 0.25) is 0 Å². The quantitative estimate of drug-likeness (QED) is 0.828. The van der Waals surface area contributed by atoms with Gasteiger partial charge in [0.15, 0.2) is 6.61 Å². The molecule has 1 aromatic rings. The largest absolute Gasteiger partial charge is 0.484 e. The van der Waals surface area contributed by atoms with Crippen molar-refractivity contribution in [2.75, 3.05) is 13.2 Å². The summed E-state index contributed by atoms with van der Waals surface area (Å²) in [6.07, 6.45) is 0. The molecule has 0 aliphatic carbocycles. The highest BCUT2D eigenvalue weighted by molar-refractivity contribution is 5.78. The number of carbonyl (C=O) groups excluding carboxylic acids is 1. The summed E-state index contributed by atoms with van der Waals surface area (Å²) in [5.41, 5.74) is 0.550. The maximum Gasteiger partial charge on any atom is 0.258 e. The van der Waals surface area contributed by atoms with Gasteiger partial charge in [-0.15, -0.1) is 0 Å². The molecule has 2 N–H and O–H groups in total. The summed E-state index contributed by atoms with van der Waals surface area (Å²) in [5, 5.41) is 11.8. The molecule has 4 nitrogen and oxygen atoms in total. The summed E-state index contributed by atoms with van der Waals surface area (Å²) < 4.78 is 5.46. The molecule has 1 rings (SSSR count). The van der Waals surface area contributed by atoms with Crippen molar-refractivity contribution in [1.82, 2.24) is 5.32 Å². The van der Waals surface area contributed by atoms with E-state index in [9.17, 15) is 4.79 Å². The molecule has 106 valence electrons. The van der Waals surface area contributed by atoms with Crippen molar-refractivity contribution in [3.63, 3.8) is 0 Å². The average molecular weight is 265 g/mol. The number of aliphatic hydroxyl groups is 1. The van der Waals surface area contributed by atoms with Gasteiger partial charge in [-0.05, 0) is 37.5 Å². The Morgan fingerprint density at radius 2 is 2.11 bits per heavy atom. The maximum absolute atomic E-state index is 11.7. The fourth-order valence-corrected chi connectivity index (χ4v) is 1.57. The Labute approximate surface area is 114 Å². The van der Waals surface area contributed by atoms with Crippen LogP contribution in [0.4, 0.5) is 0 Å². The van der Waals surface area contributed by atoms with Crippen LogP contribution in [0.15, 0.2) is 24.3 Å². The first kappa shape index (κ1) is 15.5. The van der Waals surface area contributed by atoms with Gasteiger partial charge < -0.3 is 15.2 Å². The zero-order valence-electron chi connectivity index (χ0n) is 12.1. The molecule has 1 aromatic carbocycles. The molecular weight excluding hydrogens is 242 g/mol. The molecule has 0 heterocycles. The molecule has 0 bridgehead atoms. The van der Waals surface area contributed by atoms with Gasteiger partial charge >= 0.3 is 0 Å². The van der Waals surface area contributed by atoms with E-state index < -0.39 is 5.54 Å². The number of hydrogen-bond donors (Lipinski definition) is 2. The summed E-state index contributed by atoms with van der Waals surface area (Å²) in [5.74, 6) is 0.864. The van der Waals surface area contributed by atoms with E-state index in [4.69, 9.17) is 9.84 Å². The zero-order chi connectivity index (χ0) is 14.5. The lowest BCUT2D eigenvalue weighted by Crippen LogP contribution is -2.48. The molecule has 0 saturated heterocycles. The van der Waals surface area contributed by atoms with Gasteiger partial charge in [-0.2, -0.15) is 0 Å². The van der Waals surface area contributed by atoms with Crippen molar-refractivity contribution in [3.05, 3.63) is 29.8 Å². The van der Waals surface area contributed by atoms with Crippen LogP contribution < -0.4 is 10.1 Å². The second-order valence-corrected chi connectivity index (χ2v) is 5.61. The zero-order valence-corrected chi connectivity index (χ0v) is 12.1. The highest BCUT2D eigenvalue weighted by Gasteiger charge is 2.19. The van der Waals surface area contributed by atoms with E-state index in [1.54, 1.807) is 13.8 Å². The van der Waals surface area contributed by atoms with E-state index in [2.05, 4.69) is 19.2 Å². The van der Waals surface area contributed by atoms with Crippen LogP contribution in [0.3, 0.4) is 0 Å². The number of amides is 1. The molecule has 1 amide bonds. The van der Waals surface area contributed by atoms with Crippen molar-refractivity contribution in [2.24, 2.45) is 0 Å². The Balaban J connectivity index is 2.53. The van der Waals surface area contributed by atoms with E-state index in [1.165, 1.54) is 5.56 Å². The third-order valence-electron chi connectivity index (χ3n) is 2.77. The van der Waals surface area contributed by atoms with E-state index in [0.29, 0.717) is 11.7 Å². The summed E-state index contributed by atoms with van der Waals surface area (Å²) in [6.45, 7) is 7.56. The van der Waals surface area contributed by atoms with Gasteiger partial charge in [0.25, 0.3) is 5.91 Å². The third-order valence-corrected chi connectivity index (χ3v) is 2.77. The van der Waals surface area contributed by atoms with E-state index in [1.807, 2.05) is 24.3 Å². The van der Waals surface area contributed by atoms with Crippen molar-refractivity contribution in [2.45, 2.75) is 39.2 Å². The van der Waals surface area contributed by atoms with Gasteiger partial charge in [-0.1, -0.05) is 26.0 Å². The first-order valence-corrected chi connectivity index (χ1v) is 6.49. The number of carbonyl (C=O) groups is 1. The first-order chi connectivity index (χ1) is 8.84. The Morgan fingerprint density at radius 3 is 2.68 bits per heavy atom. The minimum absolute atomic E-state index is 0.0506. The smallest absolute Gasteiger partial charge is 0.258 e. The lowest BCUT2D eigenvalue weighted by molar-refractivity contribution is -0.125. The molecule has 0 fully saturated rings. The number of aliphatic hydroxyl groups excluding tert-OH is 1. The maximum atomic E-state index is 11.7. The third kappa shape index (κ3) is 5.30. The Morgan fingerprint density at radius 1 is 1.42 bits per heavy atom. The van der Waals surface area contributed by atoms with Crippen molar-refractivity contribution >= 4 is 5.91 Å². The number of hydrogen-bond acceptors (Lipinski definition) is 3. The number of rotatable bonds is 6. The van der Waals surface area contributed by atoms with E-state index in [-0.39, 0.29) is 19.1 Å². The molecule has 0 atom stereocenters. The molecule has 0 radical (unpaired) electrons. The molecule has 0 aliphatic rings. The topological polar surface area (TPSA) is 58.6 Å². The minimum atomic E-state index is -0.625. The summed E-state index contributed by atoms with van der Waals surface area (Å²) >= 11 is 0. The predicted octanol–water partition coefficient (Wildman–Crippen LogP) is 2.08. The monoisotopic (exact) mass is 265 g/mol.